The molecule has 1 aliphatic rings. The minimum Gasteiger partial charge on any atom is -0.494 e. The van der Waals surface area contributed by atoms with Gasteiger partial charge in [-0.15, -0.1) is 0 Å². The monoisotopic (exact) mass is 1760 g/mol. The number of esters is 1. The lowest BCUT2D eigenvalue weighted by Crippen LogP contribution is -2.12. The molecule has 0 unspecified atom stereocenters. The molecule has 0 fully saturated rings. The number of primary sulfonamides is 3. The van der Waals surface area contributed by atoms with Crippen LogP contribution in [0.5, 0.6) is 5.75 Å². The highest BCUT2D eigenvalue weighted by Gasteiger charge is 2.36. The number of pyridine rings is 2. The van der Waals surface area contributed by atoms with Crippen molar-refractivity contribution in [3.8, 4) is 84.4 Å². The SMILES string of the molecule is COc1ccc(-c2cc(C(F)F)nn2-c2ccc(S(N)(=O)=O)cc2)cc1F.CS(=O)(=O)c1ccc(C2=C(c3ccccc3)C(=O)OC2)cc1.Cc1ccc(-c2cc(C(F)(F)F)nn2-c2ccc(S(N)(=O)=O)cc2)cc1.Cc1ccc(-c2ncc(Cl)cc2-c2ccc(S(C)(=O)=O)cc2)cn1.Cc1onc(-c2ccccc2)c1-c1ccc(S(N)(=O)=O)cc1. The van der Waals surface area contributed by atoms with Crippen LogP contribution < -0.4 is 20.2 Å². The van der Waals surface area contributed by atoms with E-state index in [1.165, 1.54) is 97.1 Å². The molecule has 0 aliphatic carbocycles. The second kappa shape index (κ2) is 37.0. The topological polar surface area (TPSA) is 372 Å². The first kappa shape index (κ1) is 89.2. The third kappa shape index (κ3) is 22.3. The summed E-state index contributed by atoms with van der Waals surface area (Å²) < 4.78 is 212. The normalized spacial score (nSPS) is 12.4. The molecule has 36 heteroatoms. The van der Waals surface area contributed by atoms with Crippen molar-refractivity contribution < 1.29 is 87.2 Å². The van der Waals surface area contributed by atoms with Gasteiger partial charge in [0, 0.05) is 64.0 Å². The Balaban J connectivity index is 0.000000148. The van der Waals surface area contributed by atoms with E-state index in [-0.39, 0.29) is 59.9 Å². The van der Waals surface area contributed by atoms with Crippen molar-refractivity contribution in [3.05, 3.63) is 318 Å². The highest BCUT2D eigenvalue weighted by atomic mass is 35.5. The van der Waals surface area contributed by atoms with Crippen molar-refractivity contribution in [2.75, 3.05) is 26.2 Å². The average Bonchev–Trinajstić information content (AvgIpc) is 1.56. The zero-order valence-electron chi connectivity index (χ0n) is 64.5. The molecule has 0 amide bonds. The van der Waals surface area contributed by atoms with Crippen LogP contribution in [0.25, 0.3) is 89.8 Å². The van der Waals surface area contributed by atoms with Gasteiger partial charge in [-0.1, -0.05) is 144 Å². The second-order valence-corrected chi connectivity index (χ2v) is 36.0. The third-order valence-electron chi connectivity index (χ3n) is 18.1. The maximum atomic E-state index is 14.0. The number of sulfone groups is 2. The van der Waals surface area contributed by atoms with Crippen LogP contribution in [0.4, 0.5) is 26.3 Å². The van der Waals surface area contributed by atoms with Gasteiger partial charge in [0.2, 0.25) is 30.1 Å². The molecule has 15 rings (SSSR count). The van der Waals surface area contributed by atoms with E-state index < -0.39 is 79.6 Å². The van der Waals surface area contributed by atoms with Gasteiger partial charge in [0.1, 0.15) is 23.8 Å². The number of carbonyl (C=O) groups is 1. The molecule has 14 aromatic rings. The maximum Gasteiger partial charge on any atom is 0.435 e. The number of nitrogens with two attached hydrogens (primary N) is 3. The number of aryl methyl sites for hydroxylation is 3. The lowest BCUT2D eigenvalue weighted by atomic mass is 9.97. The predicted molar refractivity (Wildman–Crippen MR) is 445 cm³/mol. The minimum absolute atomic E-state index is 0.0106. The zero-order valence-corrected chi connectivity index (χ0v) is 69.3. The number of rotatable bonds is 17. The molecule has 0 radical (unpaired) electrons. The van der Waals surface area contributed by atoms with Gasteiger partial charge in [-0.05, 0) is 176 Å². The Morgan fingerprint density at radius 2 is 0.950 bits per heavy atom. The molecule has 6 heterocycles. The van der Waals surface area contributed by atoms with E-state index in [4.69, 9.17) is 41.0 Å². The van der Waals surface area contributed by atoms with Gasteiger partial charge in [0.05, 0.1) is 76.2 Å². The summed E-state index contributed by atoms with van der Waals surface area (Å²) in [4.78, 5) is 21.1. The number of nitrogens with zero attached hydrogens (tertiary/aromatic N) is 7. The number of cyclic esters (lactones) is 1. The Morgan fingerprint density at radius 3 is 1.43 bits per heavy atom. The Hall–Kier alpha value is -12.6. The third-order valence-corrected chi connectivity index (χ3v) is 23.4. The van der Waals surface area contributed by atoms with E-state index in [0.717, 1.165) is 95.6 Å². The van der Waals surface area contributed by atoms with E-state index in [1.54, 1.807) is 97.3 Å². The van der Waals surface area contributed by atoms with Crippen LogP contribution in [0.3, 0.4) is 0 Å². The molecule has 0 saturated heterocycles. The van der Waals surface area contributed by atoms with Crippen LogP contribution in [0.1, 0.15) is 46.0 Å². The van der Waals surface area contributed by atoms with Gasteiger partial charge in [-0.25, -0.2) is 84.8 Å². The van der Waals surface area contributed by atoms with Crippen LogP contribution in [0, 0.1) is 26.6 Å². The molecule has 624 valence electrons. The zero-order chi connectivity index (χ0) is 87.7. The molecule has 1 aliphatic heterocycles. The number of sulfonamides is 3. The largest absolute Gasteiger partial charge is 0.494 e. The number of carbonyl (C=O) groups excluding carboxylic acids is 1. The summed E-state index contributed by atoms with van der Waals surface area (Å²) in [5, 5.41) is 27.3. The van der Waals surface area contributed by atoms with Crippen molar-refractivity contribution in [2.45, 2.75) is 57.9 Å². The summed E-state index contributed by atoms with van der Waals surface area (Å²) in [6.45, 7) is 5.81. The van der Waals surface area contributed by atoms with Gasteiger partial charge in [0.25, 0.3) is 6.43 Å². The van der Waals surface area contributed by atoms with E-state index in [9.17, 15) is 73.2 Å². The maximum absolute atomic E-state index is 14.0. The van der Waals surface area contributed by atoms with E-state index in [2.05, 4.69) is 25.3 Å². The predicted octanol–water partition coefficient (Wildman–Crippen LogP) is 16.5. The first-order valence-corrected chi connectivity index (χ1v) is 44.4. The Kier molecular flexibility index (Phi) is 27.3. The highest BCUT2D eigenvalue weighted by Crippen LogP contribution is 2.39. The summed E-state index contributed by atoms with van der Waals surface area (Å²) in [5.41, 5.74) is 11.7. The molecule has 0 saturated carbocycles. The molecule has 0 bridgehead atoms. The summed E-state index contributed by atoms with van der Waals surface area (Å²) in [5.74, 6) is -0.335. The quantitative estimate of drug-likeness (QED) is 0.0563. The molecule has 5 aromatic heterocycles. The van der Waals surface area contributed by atoms with Crippen molar-refractivity contribution in [1.82, 2.24) is 34.7 Å². The number of benzene rings is 9. The molecular formula is C85H71ClF6N10O14S5. The first-order valence-electron chi connectivity index (χ1n) is 35.6. The van der Waals surface area contributed by atoms with Crippen molar-refractivity contribution in [1.29, 1.82) is 0 Å². The van der Waals surface area contributed by atoms with Crippen molar-refractivity contribution >= 4 is 78.5 Å². The van der Waals surface area contributed by atoms with Crippen LogP contribution in [0.2, 0.25) is 5.02 Å². The van der Waals surface area contributed by atoms with Gasteiger partial charge < -0.3 is 14.0 Å². The summed E-state index contributed by atoms with van der Waals surface area (Å²) in [6, 6.07) is 67.6. The fraction of sp³-hybridized carbons (Fsp3) is 0.106. The van der Waals surface area contributed by atoms with Crippen LogP contribution >= 0.6 is 11.6 Å². The van der Waals surface area contributed by atoms with Crippen molar-refractivity contribution in [2.24, 2.45) is 15.4 Å². The average molecular weight is 1770 g/mol. The lowest BCUT2D eigenvalue weighted by molar-refractivity contribution is -0.141. The van der Waals surface area contributed by atoms with Gasteiger partial charge >= 0.3 is 12.1 Å². The number of hydrogen-bond donors (Lipinski definition) is 3. The number of alkyl halides is 5. The standard InChI is InChI=1S/C18H15ClN2O2S.C17H14F3N3O3S.C17H14F3N3O2S.C17H14O4S.C16H14N2O3S/c1-12-3-4-14(10-20-12)18-17(9-15(19)11-21-18)13-5-7-16(8-6-13)24(2,22)23;1-26-16-7-2-10(8-13(16)18)15-9-14(17(19)20)22-23(15)11-3-5-12(6-4-11)27(21,24)25;1-11-2-4-12(5-3-11)15-10-16(17(18,19)20)22-23(15)13-6-8-14(9-7-13)26(21,24)25;1-22(19,20)14-9-7-12(8-10-14)15-11-21-17(18)16(15)13-5-3-2-4-6-13;1-11-15(12-7-9-14(10-8-12)22(17,19)20)16(18-21-11)13-5-3-2-4-6-13/h3-11H,1-2H3;2-9,17H,1H3,(H2,21,24,25);2-10H,1H3,(H2,21,24,25);2-10H,11H2,1H3;2-10H,1H3,(H2,17,19,20). The highest BCUT2D eigenvalue weighted by molar-refractivity contribution is 7.91. The van der Waals surface area contributed by atoms with Crippen LogP contribution in [-0.4, -0.2) is 109 Å². The fourth-order valence-corrected chi connectivity index (χ4v) is 15.0. The second-order valence-electron chi connectivity index (χ2n) is 26.8. The number of aromatic nitrogens is 7. The summed E-state index contributed by atoms with van der Waals surface area (Å²) >= 11 is 6.11. The number of hydrogen-bond acceptors (Lipinski definition) is 19. The Bertz CT molecular complexity index is 6760. The number of ether oxygens (including phenoxy) is 2. The van der Waals surface area contributed by atoms with Gasteiger partial charge in [-0.2, -0.15) is 23.4 Å². The van der Waals surface area contributed by atoms with E-state index in [0.29, 0.717) is 33.2 Å². The van der Waals surface area contributed by atoms with E-state index >= 15 is 0 Å². The molecule has 0 spiro atoms. The number of methoxy groups -OCH3 is 1. The van der Waals surface area contributed by atoms with Crippen LogP contribution in [-0.2, 0) is 65.5 Å². The molecule has 9 aromatic carbocycles. The summed E-state index contributed by atoms with van der Waals surface area (Å²) in [7, 11) is -16.6. The molecule has 121 heavy (non-hydrogen) atoms. The van der Waals surface area contributed by atoms with E-state index in [1.807, 2.05) is 99.6 Å². The molecule has 6 N–H and O–H groups in total. The smallest absolute Gasteiger partial charge is 0.435 e. The van der Waals surface area contributed by atoms with Crippen LogP contribution in [0.15, 0.2) is 296 Å². The molecular weight excluding hydrogens is 1690 g/mol. The molecule has 24 nitrogen and oxygen atoms in total. The van der Waals surface area contributed by atoms with Gasteiger partial charge in [-0.3, -0.25) is 9.97 Å². The molecule has 0 atom stereocenters. The Morgan fingerprint density at radius 1 is 0.488 bits per heavy atom. The van der Waals surface area contributed by atoms with Crippen molar-refractivity contribution in [3.63, 3.8) is 0 Å². The fourth-order valence-electron chi connectivity index (χ4n) is 12.1. The lowest BCUT2D eigenvalue weighted by Gasteiger charge is -2.10. The summed E-state index contributed by atoms with van der Waals surface area (Å²) in [6.07, 6.45) is -1.74. The van der Waals surface area contributed by atoms with Gasteiger partial charge in [0.15, 0.2) is 36.9 Å². The minimum atomic E-state index is -4.61. The Labute approximate surface area is 697 Å². The number of halogens is 7. The first-order chi connectivity index (χ1) is 57.0.